The van der Waals surface area contributed by atoms with E-state index in [9.17, 15) is 5.26 Å². The minimum absolute atomic E-state index is 0.108. The van der Waals surface area contributed by atoms with Gasteiger partial charge in [-0.25, -0.2) is 9.97 Å². The zero-order chi connectivity index (χ0) is 15.5. The molecule has 2 heterocycles. The molecule has 0 saturated heterocycles. The Balaban J connectivity index is 1.93. The fourth-order valence-corrected chi connectivity index (χ4v) is 3.12. The Hall–Kier alpha value is -2.00. The molecular formula is C15H8Cl2N4S. The van der Waals surface area contributed by atoms with Gasteiger partial charge in [0.2, 0.25) is 5.28 Å². The number of allylic oxidation sites excluding steroid dienone is 1. The number of hydrogen-bond acceptors (Lipinski definition) is 5. The summed E-state index contributed by atoms with van der Waals surface area (Å²) < 4.78 is 0. The molecule has 1 aromatic heterocycles. The second-order valence-electron chi connectivity index (χ2n) is 4.31. The first-order chi connectivity index (χ1) is 10.7. The maximum absolute atomic E-state index is 9.42. The highest BCUT2D eigenvalue weighted by Gasteiger charge is 2.18. The zero-order valence-electron chi connectivity index (χ0n) is 11.0. The first-order valence-corrected chi connectivity index (χ1v) is 7.84. The molecule has 7 heteroatoms. The van der Waals surface area contributed by atoms with Crippen molar-refractivity contribution in [3.63, 3.8) is 0 Å². The number of rotatable bonds is 2. The maximum Gasteiger partial charge on any atom is 0.222 e. The second-order valence-corrected chi connectivity index (χ2v) is 5.97. The van der Waals surface area contributed by atoms with Crippen molar-refractivity contribution in [2.75, 3.05) is 0 Å². The summed E-state index contributed by atoms with van der Waals surface area (Å²) >= 11 is 13.2. The van der Waals surface area contributed by atoms with Gasteiger partial charge >= 0.3 is 0 Å². The van der Waals surface area contributed by atoms with E-state index >= 15 is 0 Å². The van der Waals surface area contributed by atoms with Crippen LogP contribution < -0.4 is 5.32 Å². The Morgan fingerprint density at radius 3 is 2.86 bits per heavy atom. The van der Waals surface area contributed by atoms with Gasteiger partial charge in [-0.1, -0.05) is 35.5 Å². The van der Waals surface area contributed by atoms with Crippen molar-refractivity contribution in [2.24, 2.45) is 0 Å². The van der Waals surface area contributed by atoms with Gasteiger partial charge in [0.1, 0.15) is 11.6 Å². The van der Waals surface area contributed by atoms with Gasteiger partial charge in [0.25, 0.3) is 0 Å². The SMILES string of the molecule is N#CC(=C1NC(c2cccc(Cl)c2)=CS1)c1ccnc(Cl)n1. The molecule has 0 amide bonds. The fraction of sp³-hybridized carbons (Fsp3) is 0. The van der Waals surface area contributed by atoms with Crippen molar-refractivity contribution >= 4 is 46.2 Å². The average molecular weight is 347 g/mol. The summed E-state index contributed by atoms with van der Waals surface area (Å²) in [5.41, 5.74) is 2.74. The summed E-state index contributed by atoms with van der Waals surface area (Å²) in [7, 11) is 0. The average Bonchev–Trinajstić information content (AvgIpc) is 2.98. The summed E-state index contributed by atoms with van der Waals surface area (Å²) in [5, 5.41) is 16.0. The van der Waals surface area contributed by atoms with Crippen molar-refractivity contribution in [3.8, 4) is 6.07 Å². The van der Waals surface area contributed by atoms with Gasteiger partial charge in [0.05, 0.1) is 16.4 Å². The van der Waals surface area contributed by atoms with Crippen LogP contribution in [0.3, 0.4) is 0 Å². The predicted molar refractivity (Wildman–Crippen MR) is 89.7 cm³/mol. The van der Waals surface area contributed by atoms with Crippen LogP contribution in [0, 0.1) is 11.3 Å². The second kappa shape index (κ2) is 6.41. The monoisotopic (exact) mass is 346 g/mol. The van der Waals surface area contributed by atoms with E-state index in [1.54, 1.807) is 6.07 Å². The summed E-state index contributed by atoms with van der Waals surface area (Å²) in [6.07, 6.45) is 1.52. The highest BCUT2D eigenvalue weighted by atomic mass is 35.5. The quantitative estimate of drug-likeness (QED) is 0.648. The topological polar surface area (TPSA) is 61.6 Å². The van der Waals surface area contributed by atoms with Gasteiger partial charge in [0, 0.05) is 16.6 Å². The minimum Gasteiger partial charge on any atom is -0.348 e. The number of thioether (sulfide) groups is 1. The van der Waals surface area contributed by atoms with Crippen LogP contribution in [-0.2, 0) is 0 Å². The summed E-state index contributed by atoms with van der Waals surface area (Å²) in [6, 6.07) is 11.3. The molecule has 0 saturated carbocycles. The molecule has 0 fully saturated rings. The number of nitrogens with one attached hydrogen (secondary N) is 1. The van der Waals surface area contributed by atoms with Crippen LogP contribution in [0.4, 0.5) is 0 Å². The summed E-state index contributed by atoms with van der Waals surface area (Å²) in [6.45, 7) is 0. The van der Waals surface area contributed by atoms with Gasteiger partial charge < -0.3 is 5.32 Å². The van der Waals surface area contributed by atoms with Crippen molar-refractivity contribution < 1.29 is 0 Å². The molecule has 0 bridgehead atoms. The zero-order valence-corrected chi connectivity index (χ0v) is 13.4. The molecule has 1 N–H and O–H groups in total. The lowest BCUT2D eigenvalue weighted by Gasteiger charge is -2.07. The first-order valence-electron chi connectivity index (χ1n) is 6.20. The van der Waals surface area contributed by atoms with Crippen LogP contribution in [0.5, 0.6) is 0 Å². The molecule has 22 heavy (non-hydrogen) atoms. The lowest BCUT2D eigenvalue weighted by Crippen LogP contribution is -2.07. The molecule has 0 spiro atoms. The van der Waals surface area contributed by atoms with Crippen molar-refractivity contribution in [3.05, 3.63) is 68.5 Å². The number of nitrogens with zero attached hydrogens (tertiary/aromatic N) is 3. The van der Waals surface area contributed by atoms with Crippen molar-refractivity contribution in [2.45, 2.75) is 0 Å². The molecule has 1 aliphatic rings. The molecule has 0 unspecified atom stereocenters. The predicted octanol–water partition coefficient (Wildman–Crippen LogP) is 4.31. The van der Waals surface area contributed by atoms with Gasteiger partial charge in [0.15, 0.2) is 0 Å². The van der Waals surface area contributed by atoms with E-state index < -0.39 is 0 Å². The van der Waals surface area contributed by atoms with Crippen molar-refractivity contribution in [1.29, 1.82) is 5.26 Å². The third-order valence-corrected chi connectivity index (χ3v) is 4.21. The van der Waals surface area contributed by atoms with Gasteiger partial charge in [-0.15, -0.1) is 0 Å². The molecular weight excluding hydrogens is 339 g/mol. The number of nitriles is 1. The van der Waals surface area contributed by atoms with Gasteiger partial charge in [-0.2, -0.15) is 5.26 Å². The molecule has 108 valence electrons. The van der Waals surface area contributed by atoms with E-state index in [1.807, 2.05) is 29.7 Å². The minimum atomic E-state index is 0.108. The first kappa shape index (κ1) is 14.9. The van der Waals surface area contributed by atoms with E-state index in [1.165, 1.54) is 18.0 Å². The van der Waals surface area contributed by atoms with Crippen LogP contribution in [0.2, 0.25) is 10.3 Å². The molecule has 1 aromatic carbocycles. The van der Waals surface area contributed by atoms with Gasteiger partial charge in [-0.3, -0.25) is 0 Å². The molecule has 2 aromatic rings. The number of aromatic nitrogens is 2. The van der Waals surface area contributed by atoms with E-state index in [-0.39, 0.29) is 5.28 Å². The molecule has 1 aliphatic heterocycles. The van der Waals surface area contributed by atoms with Crippen LogP contribution in [0.25, 0.3) is 11.3 Å². The van der Waals surface area contributed by atoms with Crippen LogP contribution in [0.15, 0.2) is 47.0 Å². The lowest BCUT2D eigenvalue weighted by atomic mass is 10.1. The lowest BCUT2D eigenvalue weighted by molar-refractivity contribution is 1.13. The molecule has 0 aliphatic carbocycles. The third-order valence-electron chi connectivity index (χ3n) is 2.90. The molecule has 0 radical (unpaired) electrons. The Kier molecular flexibility index (Phi) is 4.34. The smallest absolute Gasteiger partial charge is 0.222 e. The Morgan fingerprint density at radius 2 is 2.14 bits per heavy atom. The summed E-state index contributed by atoms with van der Waals surface area (Å²) in [5.74, 6) is 0. The number of halogens is 2. The normalized spacial score (nSPS) is 15.8. The number of benzene rings is 1. The highest BCUT2D eigenvalue weighted by Crippen LogP contribution is 2.35. The highest BCUT2D eigenvalue weighted by molar-refractivity contribution is 8.06. The van der Waals surface area contributed by atoms with Crippen LogP contribution in [-0.4, -0.2) is 9.97 Å². The fourth-order valence-electron chi connectivity index (χ4n) is 1.92. The third kappa shape index (κ3) is 3.09. The van der Waals surface area contributed by atoms with E-state index in [2.05, 4.69) is 21.4 Å². The van der Waals surface area contributed by atoms with Crippen molar-refractivity contribution in [1.82, 2.24) is 15.3 Å². The molecule has 3 rings (SSSR count). The standard InChI is InChI=1S/C15H8Cl2N4S/c16-10-3-1-2-9(6-10)13-8-22-14(20-13)11(7-18)12-4-5-19-15(17)21-12/h1-6,8,20H. The van der Waals surface area contributed by atoms with E-state index in [4.69, 9.17) is 23.2 Å². The van der Waals surface area contributed by atoms with Gasteiger partial charge in [-0.05, 0) is 35.4 Å². The summed E-state index contributed by atoms with van der Waals surface area (Å²) in [4.78, 5) is 7.90. The Morgan fingerprint density at radius 1 is 1.27 bits per heavy atom. The van der Waals surface area contributed by atoms with E-state index in [0.29, 0.717) is 21.3 Å². The van der Waals surface area contributed by atoms with E-state index in [0.717, 1.165) is 11.3 Å². The Labute approximate surface area is 141 Å². The molecule has 0 atom stereocenters. The molecule has 4 nitrogen and oxygen atoms in total. The largest absolute Gasteiger partial charge is 0.348 e. The Bertz CT molecular complexity index is 839. The van der Waals surface area contributed by atoms with Crippen LogP contribution in [0.1, 0.15) is 11.3 Å². The maximum atomic E-state index is 9.42. The number of hydrogen-bond donors (Lipinski definition) is 1. The van der Waals surface area contributed by atoms with Crippen LogP contribution >= 0.6 is 35.0 Å².